The molecule has 0 spiro atoms. The zero-order chi connectivity index (χ0) is 22.6. The molecule has 2 heterocycles. The van der Waals surface area contributed by atoms with Crippen LogP contribution in [0.15, 0.2) is 48.2 Å². The predicted molar refractivity (Wildman–Crippen MR) is 134 cm³/mol. The fraction of sp³-hybridized carbons (Fsp3) is 0.417. The van der Waals surface area contributed by atoms with Gasteiger partial charge in [0.05, 0.1) is 13.1 Å². The topological polar surface area (TPSA) is 48.5 Å². The number of pyridine rings is 1. The summed E-state index contributed by atoms with van der Waals surface area (Å²) >= 11 is 6.26. The van der Waals surface area contributed by atoms with Crippen LogP contribution in [0.4, 0.5) is 11.5 Å². The van der Waals surface area contributed by atoms with E-state index in [-0.39, 0.29) is 5.91 Å². The van der Waals surface area contributed by atoms with Gasteiger partial charge in [0, 0.05) is 37.1 Å². The number of carbonyl (C=O) groups excluding carboxylic acids is 1. The molecule has 0 saturated heterocycles. The molecule has 0 unspecified atom stereocenters. The summed E-state index contributed by atoms with van der Waals surface area (Å²) in [7, 11) is 2.73. The van der Waals surface area contributed by atoms with Gasteiger partial charge in [-0.25, -0.2) is 4.98 Å². The Hall–Kier alpha value is -2.15. The predicted octanol–water partition coefficient (Wildman–Crippen LogP) is 4.16. The van der Waals surface area contributed by atoms with Crippen molar-refractivity contribution in [2.24, 2.45) is 0 Å². The first-order chi connectivity index (χ1) is 14.6. The molecular formula is C24H33ClN4OSi. The Morgan fingerprint density at radius 3 is 2.65 bits per heavy atom. The minimum Gasteiger partial charge on any atom is -0.351 e. The molecule has 2 aromatic rings. The van der Waals surface area contributed by atoms with Crippen LogP contribution in [0.1, 0.15) is 12.0 Å². The highest BCUT2D eigenvalue weighted by Gasteiger charge is 2.22. The van der Waals surface area contributed by atoms with Gasteiger partial charge < -0.3 is 15.1 Å². The molecule has 0 bridgehead atoms. The Morgan fingerprint density at radius 2 is 2.03 bits per heavy atom. The van der Waals surface area contributed by atoms with Crippen LogP contribution in [0, 0.1) is 0 Å². The number of aromatic nitrogens is 1. The Kier molecular flexibility index (Phi) is 7.57. The van der Waals surface area contributed by atoms with Crippen LogP contribution in [0.3, 0.4) is 0 Å². The number of nitrogens with zero attached hydrogens (tertiary/aromatic N) is 3. The normalized spacial score (nSPS) is 14.5. The van der Waals surface area contributed by atoms with Gasteiger partial charge in [0.1, 0.15) is 5.82 Å². The Balaban J connectivity index is 1.71. The van der Waals surface area contributed by atoms with Crippen LogP contribution in [-0.4, -0.2) is 57.6 Å². The summed E-state index contributed by atoms with van der Waals surface area (Å²) in [5, 5.41) is 5.22. The minimum atomic E-state index is -1.45. The fourth-order valence-corrected chi connectivity index (χ4v) is 5.83. The van der Waals surface area contributed by atoms with Crippen molar-refractivity contribution in [2.45, 2.75) is 32.5 Å². The van der Waals surface area contributed by atoms with Gasteiger partial charge in [-0.15, -0.1) is 0 Å². The number of nitrogens with one attached hydrogen (secondary N) is 1. The van der Waals surface area contributed by atoms with Crippen molar-refractivity contribution in [2.75, 3.05) is 43.9 Å². The van der Waals surface area contributed by atoms with Crippen molar-refractivity contribution >= 4 is 42.3 Å². The molecule has 0 aliphatic carbocycles. The van der Waals surface area contributed by atoms with Crippen molar-refractivity contribution in [3.8, 4) is 0 Å². The number of carbonyl (C=O) groups is 1. The molecule has 5 nitrogen and oxygen atoms in total. The maximum atomic E-state index is 12.9. The van der Waals surface area contributed by atoms with Crippen LogP contribution in [0.2, 0.25) is 24.7 Å². The van der Waals surface area contributed by atoms with E-state index in [1.165, 1.54) is 10.8 Å². The average Bonchev–Trinajstić information content (AvgIpc) is 2.72. The highest BCUT2D eigenvalue weighted by atomic mass is 35.5. The molecule has 7 heteroatoms. The summed E-state index contributed by atoms with van der Waals surface area (Å²) in [4.78, 5) is 21.6. The monoisotopic (exact) mass is 456 g/mol. The maximum absolute atomic E-state index is 12.9. The largest absolute Gasteiger partial charge is 0.351 e. The highest BCUT2D eigenvalue weighted by Crippen LogP contribution is 2.25. The number of likely N-dealkylation sites (N-methyl/N-ethyl adjacent to an activating group) is 1. The summed E-state index contributed by atoms with van der Waals surface area (Å²) in [6, 6.07) is 10.1. The number of hydrogen-bond donors (Lipinski definition) is 1. The lowest BCUT2D eigenvalue weighted by atomic mass is 10.1. The highest BCUT2D eigenvalue weighted by molar-refractivity contribution is 6.89. The summed E-state index contributed by atoms with van der Waals surface area (Å²) in [5.41, 5.74) is 3.03. The van der Waals surface area contributed by atoms with E-state index in [4.69, 9.17) is 11.6 Å². The van der Waals surface area contributed by atoms with E-state index in [0.29, 0.717) is 18.0 Å². The van der Waals surface area contributed by atoms with Crippen molar-refractivity contribution in [3.63, 3.8) is 0 Å². The van der Waals surface area contributed by atoms with E-state index in [1.807, 2.05) is 24.3 Å². The zero-order valence-electron chi connectivity index (χ0n) is 19.2. The van der Waals surface area contributed by atoms with Crippen LogP contribution < -0.4 is 15.4 Å². The standard InChI is InChI=1S/C24H33ClN4OSi/c1-28(2)14-10-19-17-20(8-9-22(19)31(3,4)5)27-24(30)18-11-15-29(16-12-18)23-21(25)7-6-13-26-23/h6-9,11,13,17H,10,12,14-16H2,1-5H3,(H,27,30). The molecule has 1 aromatic carbocycles. The Labute approximate surface area is 192 Å². The fourth-order valence-electron chi connectivity index (χ4n) is 3.84. The van der Waals surface area contributed by atoms with Crippen LogP contribution in [0.25, 0.3) is 0 Å². The second-order valence-electron chi connectivity index (χ2n) is 9.36. The van der Waals surface area contributed by atoms with Gasteiger partial charge in [-0.05, 0) is 56.8 Å². The molecule has 1 N–H and O–H groups in total. The molecule has 0 atom stereocenters. The molecule has 166 valence electrons. The number of halogens is 1. The minimum absolute atomic E-state index is 0.0221. The van der Waals surface area contributed by atoms with E-state index >= 15 is 0 Å². The number of hydrogen-bond acceptors (Lipinski definition) is 4. The van der Waals surface area contributed by atoms with Crippen molar-refractivity contribution in [1.29, 1.82) is 0 Å². The lowest BCUT2D eigenvalue weighted by Gasteiger charge is -2.27. The van der Waals surface area contributed by atoms with E-state index in [9.17, 15) is 4.79 Å². The summed E-state index contributed by atoms with van der Waals surface area (Å²) in [5.74, 6) is 0.749. The second-order valence-corrected chi connectivity index (χ2v) is 14.8. The first-order valence-corrected chi connectivity index (χ1v) is 14.7. The molecule has 1 aliphatic rings. The first-order valence-electron chi connectivity index (χ1n) is 10.8. The van der Waals surface area contributed by atoms with Crippen molar-refractivity contribution in [3.05, 3.63) is 58.8 Å². The summed E-state index contributed by atoms with van der Waals surface area (Å²) < 4.78 is 0. The SMILES string of the molecule is CN(C)CCc1cc(NC(=O)C2=CCN(c3ncccc3Cl)CC2)ccc1[Si](C)(C)C. The van der Waals surface area contributed by atoms with E-state index in [1.54, 1.807) is 6.20 Å². The molecule has 0 radical (unpaired) electrons. The zero-order valence-corrected chi connectivity index (χ0v) is 21.0. The first kappa shape index (κ1) is 23.5. The van der Waals surface area contributed by atoms with Crippen molar-refractivity contribution in [1.82, 2.24) is 9.88 Å². The van der Waals surface area contributed by atoms with Gasteiger partial charge in [0.25, 0.3) is 5.91 Å². The third-order valence-electron chi connectivity index (χ3n) is 5.54. The molecule has 1 aliphatic heterocycles. The lowest BCUT2D eigenvalue weighted by Crippen LogP contribution is -2.40. The number of rotatable bonds is 7. The summed E-state index contributed by atoms with van der Waals surface area (Å²) in [6.07, 6.45) is 5.37. The van der Waals surface area contributed by atoms with Crippen LogP contribution in [0.5, 0.6) is 0 Å². The number of benzene rings is 1. The smallest absolute Gasteiger partial charge is 0.251 e. The Morgan fingerprint density at radius 1 is 1.26 bits per heavy atom. The second kappa shape index (κ2) is 9.98. The van der Waals surface area contributed by atoms with Gasteiger partial charge in [0.2, 0.25) is 0 Å². The van der Waals surface area contributed by atoms with E-state index < -0.39 is 8.07 Å². The third kappa shape index (κ3) is 6.18. The summed E-state index contributed by atoms with van der Waals surface area (Å²) in [6.45, 7) is 9.44. The quantitative estimate of drug-likeness (QED) is 0.635. The van der Waals surface area contributed by atoms with Crippen molar-refractivity contribution < 1.29 is 4.79 Å². The van der Waals surface area contributed by atoms with E-state index in [0.717, 1.165) is 36.6 Å². The van der Waals surface area contributed by atoms with Crippen LogP contribution >= 0.6 is 11.6 Å². The van der Waals surface area contributed by atoms with Gasteiger partial charge in [0.15, 0.2) is 0 Å². The third-order valence-corrected chi connectivity index (χ3v) is 7.94. The van der Waals surface area contributed by atoms with Gasteiger partial charge >= 0.3 is 0 Å². The molecule has 1 amide bonds. The molecule has 31 heavy (non-hydrogen) atoms. The van der Waals surface area contributed by atoms with Gasteiger partial charge in [-0.1, -0.05) is 48.6 Å². The molecule has 1 aromatic heterocycles. The molecule has 3 rings (SSSR count). The average molecular weight is 457 g/mol. The lowest BCUT2D eigenvalue weighted by molar-refractivity contribution is -0.113. The molecule has 0 saturated carbocycles. The Bertz CT molecular complexity index is 968. The van der Waals surface area contributed by atoms with Gasteiger partial charge in [-0.2, -0.15) is 0 Å². The van der Waals surface area contributed by atoms with Crippen LogP contribution in [-0.2, 0) is 11.2 Å². The number of amides is 1. The molecular weight excluding hydrogens is 424 g/mol. The number of anilines is 2. The van der Waals surface area contributed by atoms with Gasteiger partial charge in [-0.3, -0.25) is 4.79 Å². The van der Waals surface area contributed by atoms with E-state index in [2.05, 4.69) is 66.0 Å². The molecule has 0 fully saturated rings. The maximum Gasteiger partial charge on any atom is 0.251 e.